The molecule has 1 aliphatic heterocycles. The number of likely N-dealkylation sites (tertiary alicyclic amines) is 1. The fourth-order valence-corrected chi connectivity index (χ4v) is 2.24. The quantitative estimate of drug-likeness (QED) is 0.781. The van der Waals surface area contributed by atoms with Crippen molar-refractivity contribution in [3.63, 3.8) is 0 Å². The third kappa shape index (κ3) is 3.34. The number of ketones is 1. The van der Waals surface area contributed by atoms with E-state index in [0.29, 0.717) is 11.3 Å². The second kappa shape index (κ2) is 5.87. The van der Waals surface area contributed by atoms with Crippen LogP contribution in [0, 0.1) is 6.92 Å². The summed E-state index contributed by atoms with van der Waals surface area (Å²) in [5, 5.41) is 0. The molecule has 0 aromatic heterocycles. The molecule has 0 bridgehead atoms. The van der Waals surface area contributed by atoms with Crippen LogP contribution < -0.4 is 4.74 Å². The van der Waals surface area contributed by atoms with Crippen LogP contribution in [0.1, 0.15) is 35.7 Å². The summed E-state index contributed by atoms with van der Waals surface area (Å²) in [5.41, 5.74) is 1.54. The highest BCUT2D eigenvalue weighted by atomic mass is 16.5. The molecular weight excluding hydrogens is 242 g/mol. The first-order chi connectivity index (χ1) is 9.08. The Balaban J connectivity index is 2.02. The number of hydrogen-bond acceptors (Lipinski definition) is 3. The van der Waals surface area contributed by atoms with E-state index in [1.807, 2.05) is 17.9 Å². The highest BCUT2D eigenvalue weighted by molar-refractivity contribution is 5.97. The number of hydrogen-bond donors (Lipinski definition) is 0. The molecule has 4 nitrogen and oxygen atoms in total. The van der Waals surface area contributed by atoms with Gasteiger partial charge in [0, 0.05) is 13.1 Å². The van der Waals surface area contributed by atoms with E-state index in [9.17, 15) is 9.59 Å². The Labute approximate surface area is 113 Å². The molecule has 0 saturated carbocycles. The van der Waals surface area contributed by atoms with Crippen molar-refractivity contribution >= 4 is 11.7 Å². The van der Waals surface area contributed by atoms with E-state index in [-0.39, 0.29) is 18.3 Å². The van der Waals surface area contributed by atoms with Crippen molar-refractivity contribution in [1.29, 1.82) is 0 Å². The lowest BCUT2D eigenvalue weighted by molar-refractivity contribution is -0.132. The molecule has 1 amide bonds. The summed E-state index contributed by atoms with van der Waals surface area (Å²) in [7, 11) is 0. The van der Waals surface area contributed by atoms with E-state index in [4.69, 9.17) is 4.74 Å². The molecule has 0 aliphatic carbocycles. The minimum absolute atomic E-state index is 0.00331. The van der Waals surface area contributed by atoms with Gasteiger partial charge in [-0.3, -0.25) is 9.59 Å². The molecule has 0 spiro atoms. The Bertz CT molecular complexity index is 490. The van der Waals surface area contributed by atoms with Crippen LogP contribution >= 0.6 is 0 Å². The van der Waals surface area contributed by atoms with Crippen LogP contribution in [0.5, 0.6) is 5.75 Å². The molecule has 1 saturated heterocycles. The molecule has 0 N–H and O–H groups in total. The molecule has 1 aliphatic rings. The maximum atomic E-state index is 11.9. The largest absolute Gasteiger partial charge is 0.483 e. The predicted molar refractivity (Wildman–Crippen MR) is 72.5 cm³/mol. The zero-order valence-electron chi connectivity index (χ0n) is 11.4. The Morgan fingerprint density at radius 3 is 2.58 bits per heavy atom. The summed E-state index contributed by atoms with van der Waals surface area (Å²) in [6.07, 6.45) is 2.13. The third-order valence-corrected chi connectivity index (χ3v) is 3.32. The molecule has 1 fully saturated rings. The van der Waals surface area contributed by atoms with Crippen LogP contribution in [-0.4, -0.2) is 36.3 Å². The van der Waals surface area contributed by atoms with E-state index in [1.165, 1.54) is 6.92 Å². The van der Waals surface area contributed by atoms with Crippen molar-refractivity contribution in [2.75, 3.05) is 19.7 Å². The molecule has 102 valence electrons. The second-order valence-electron chi connectivity index (χ2n) is 4.93. The molecule has 0 atom stereocenters. The average molecular weight is 261 g/mol. The standard InChI is InChI=1S/C15H19NO3/c1-11-5-6-14(13(9-11)12(2)17)19-10-15(18)16-7-3-4-8-16/h5-6,9H,3-4,7-8,10H2,1-2H3. The lowest BCUT2D eigenvalue weighted by atomic mass is 10.1. The lowest BCUT2D eigenvalue weighted by Gasteiger charge is -2.16. The number of benzene rings is 1. The van der Waals surface area contributed by atoms with Crippen molar-refractivity contribution < 1.29 is 14.3 Å². The van der Waals surface area contributed by atoms with Crippen LogP contribution in [0.3, 0.4) is 0 Å². The van der Waals surface area contributed by atoms with Gasteiger partial charge in [-0.05, 0) is 38.8 Å². The summed E-state index contributed by atoms with van der Waals surface area (Å²) < 4.78 is 5.52. The Morgan fingerprint density at radius 1 is 1.26 bits per heavy atom. The normalized spacial score (nSPS) is 14.5. The Hall–Kier alpha value is -1.84. The van der Waals surface area contributed by atoms with Crippen LogP contribution in [-0.2, 0) is 4.79 Å². The minimum atomic E-state index is -0.0488. The third-order valence-electron chi connectivity index (χ3n) is 3.32. The van der Waals surface area contributed by atoms with Gasteiger partial charge in [-0.2, -0.15) is 0 Å². The number of rotatable bonds is 4. The van der Waals surface area contributed by atoms with E-state index in [0.717, 1.165) is 31.5 Å². The van der Waals surface area contributed by atoms with Crippen LogP contribution in [0.4, 0.5) is 0 Å². The van der Waals surface area contributed by atoms with Gasteiger partial charge >= 0.3 is 0 Å². The molecule has 2 rings (SSSR count). The molecule has 1 aromatic rings. The fraction of sp³-hybridized carbons (Fsp3) is 0.467. The van der Waals surface area contributed by atoms with E-state index in [1.54, 1.807) is 12.1 Å². The molecule has 0 unspecified atom stereocenters. The van der Waals surface area contributed by atoms with Crippen molar-refractivity contribution in [3.8, 4) is 5.75 Å². The molecular formula is C15H19NO3. The van der Waals surface area contributed by atoms with E-state index >= 15 is 0 Å². The first-order valence-electron chi connectivity index (χ1n) is 6.60. The van der Waals surface area contributed by atoms with Gasteiger partial charge in [-0.1, -0.05) is 11.6 Å². The Morgan fingerprint density at radius 2 is 1.95 bits per heavy atom. The number of Topliss-reactive ketones (excluding diaryl/α,β-unsaturated/α-hetero) is 1. The topological polar surface area (TPSA) is 46.6 Å². The van der Waals surface area contributed by atoms with Gasteiger partial charge in [-0.25, -0.2) is 0 Å². The highest BCUT2D eigenvalue weighted by Crippen LogP contribution is 2.21. The maximum absolute atomic E-state index is 11.9. The predicted octanol–water partition coefficient (Wildman–Crippen LogP) is 2.20. The zero-order chi connectivity index (χ0) is 13.8. The molecule has 0 radical (unpaired) electrons. The number of carbonyl (C=O) groups is 2. The van der Waals surface area contributed by atoms with Crippen LogP contribution in [0.2, 0.25) is 0 Å². The van der Waals surface area contributed by atoms with Gasteiger partial charge in [-0.15, -0.1) is 0 Å². The summed E-state index contributed by atoms with van der Waals surface area (Å²) in [6.45, 7) is 5.06. The SMILES string of the molecule is CC(=O)c1cc(C)ccc1OCC(=O)N1CCCC1. The smallest absolute Gasteiger partial charge is 0.260 e. The average Bonchev–Trinajstić information content (AvgIpc) is 2.90. The second-order valence-corrected chi connectivity index (χ2v) is 4.93. The molecule has 1 heterocycles. The van der Waals surface area contributed by atoms with Gasteiger partial charge < -0.3 is 9.64 Å². The number of ether oxygens (including phenoxy) is 1. The zero-order valence-corrected chi connectivity index (χ0v) is 11.4. The van der Waals surface area contributed by atoms with Gasteiger partial charge in [0.05, 0.1) is 5.56 Å². The molecule has 1 aromatic carbocycles. The van der Waals surface area contributed by atoms with Crippen LogP contribution in [0.25, 0.3) is 0 Å². The number of amides is 1. The van der Waals surface area contributed by atoms with E-state index < -0.39 is 0 Å². The van der Waals surface area contributed by atoms with E-state index in [2.05, 4.69) is 0 Å². The summed E-state index contributed by atoms with van der Waals surface area (Å²) >= 11 is 0. The van der Waals surface area contributed by atoms with Gasteiger partial charge in [0.1, 0.15) is 5.75 Å². The first kappa shape index (κ1) is 13.6. The van der Waals surface area contributed by atoms with Gasteiger partial charge in [0.2, 0.25) is 0 Å². The van der Waals surface area contributed by atoms with Crippen molar-refractivity contribution in [2.45, 2.75) is 26.7 Å². The van der Waals surface area contributed by atoms with Gasteiger partial charge in [0.25, 0.3) is 5.91 Å². The number of nitrogens with zero attached hydrogens (tertiary/aromatic N) is 1. The fourth-order valence-electron chi connectivity index (χ4n) is 2.24. The monoisotopic (exact) mass is 261 g/mol. The van der Waals surface area contributed by atoms with Crippen molar-refractivity contribution in [3.05, 3.63) is 29.3 Å². The van der Waals surface area contributed by atoms with Gasteiger partial charge in [0.15, 0.2) is 12.4 Å². The highest BCUT2D eigenvalue weighted by Gasteiger charge is 2.19. The summed E-state index contributed by atoms with van der Waals surface area (Å²) in [6, 6.07) is 5.42. The molecule has 19 heavy (non-hydrogen) atoms. The summed E-state index contributed by atoms with van der Waals surface area (Å²) in [4.78, 5) is 25.2. The maximum Gasteiger partial charge on any atom is 0.260 e. The first-order valence-corrected chi connectivity index (χ1v) is 6.60. The van der Waals surface area contributed by atoms with Crippen LogP contribution in [0.15, 0.2) is 18.2 Å². The lowest BCUT2D eigenvalue weighted by Crippen LogP contribution is -2.32. The minimum Gasteiger partial charge on any atom is -0.483 e. The van der Waals surface area contributed by atoms with Crippen molar-refractivity contribution in [2.24, 2.45) is 0 Å². The number of carbonyl (C=O) groups excluding carboxylic acids is 2. The molecule has 4 heteroatoms. The number of aryl methyl sites for hydroxylation is 1. The Kier molecular flexibility index (Phi) is 4.20. The summed E-state index contributed by atoms with van der Waals surface area (Å²) in [5.74, 6) is 0.436. The van der Waals surface area contributed by atoms with Crippen molar-refractivity contribution in [1.82, 2.24) is 4.90 Å².